The highest BCUT2D eigenvalue weighted by Crippen LogP contribution is 2.08. The minimum absolute atomic E-state index is 0.307. The number of nitrogens with two attached hydrogens (primary N) is 1. The monoisotopic (exact) mass is 207 g/mol. The van der Waals surface area contributed by atoms with Gasteiger partial charge in [-0.2, -0.15) is 0 Å². The molecule has 0 aliphatic carbocycles. The van der Waals surface area contributed by atoms with Crippen LogP contribution in [-0.2, 0) is 16.0 Å². The largest absolute Gasteiger partial charge is 0.468 e. The molecule has 0 saturated heterocycles. The van der Waals surface area contributed by atoms with E-state index in [1.165, 1.54) is 7.11 Å². The van der Waals surface area contributed by atoms with E-state index in [4.69, 9.17) is 5.73 Å². The van der Waals surface area contributed by atoms with Crippen LogP contribution in [0.4, 0.5) is 0 Å². The molecule has 0 aromatic heterocycles. The molecule has 80 valence electrons. The Balaban J connectivity index is 2.80. The summed E-state index contributed by atoms with van der Waals surface area (Å²) in [6, 6.07) is 6.29. The molecule has 0 aliphatic heterocycles. The number of rotatable bonds is 4. The first-order valence-electron chi connectivity index (χ1n) is 4.55. The summed E-state index contributed by atoms with van der Waals surface area (Å²) in [6.07, 6.45) is 1.06. The van der Waals surface area contributed by atoms with Crippen molar-refractivity contribution in [1.29, 1.82) is 0 Å². The summed E-state index contributed by atoms with van der Waals surface area (Å²) in [5.74, 6) is -0.476. The summed E-state index contributed by atoms with van der Waals surface area (Å²) in [5, 5.41) is 0. The van der Waals surface area contributed by atoms with Gasteiger partial charge in [-0.3, -0.25) is 9.59 Å². The Morgan fingerprint density at radius 1 is 1.53 bits per heavy atom. The third-order valence-corrected chi connectivity index (χ3v) is 2.13. The first-order chi connectivity index (χ1) is 7.19. The molecule has 0 saturated carbocycles. The number of ether oxygens (including phenoxy) is 1. The van der Waals surface area contributed by atoms with Gasteiger partial charge in [0.25, 0.3) is 0 Å². The van der Waals surface area contributed by atoms with E-state index in [9.17, 15) is 9.59 Å². The maximum absolute atomic E-state index is 11.1. The van der Waals surface area contributed by atoms with Gasteiger partial charge in [0.05, 0.1) is 7.11 Å². The van der Waals surface area contributed by atoms with E-state index >= 15 is 0 Å². The lowest BCUT2D eigenvalue weighted by Crippen LogP contribution is -2.33. The Hall–Kier alpha value is -1.68. The zero-order valence-electron chi connectivity index (χ0n) is 8.47. The van der Waals surface area contributed by atoms with Crippen LogP contribution in [0.3, 0.4) is 0 Å². The van der Waals surface area contributed by atoms with Crippen LogP contribution in [0.2, 0.25) is 0 Å². The average Bonchev–Trinajstić information content (AvgIpc) is 2.28. The number of carbonyl (C=O) groups is 2. The van der Waals surface area contributed by atoms with Crippen molar-refractivity contribution in [3.05, 3.63) is 35.4 Å². The normalized spacial score (nSPS) is 11.9. The zero-order chi connectivity index (χ0) is 11.3. The highest BCUT2D eigenvalue weighted by atomic mass is 16.5. The highest BCUT2D eigenvalue weighted by Gasteiger charge is 2.15. The summed E-state index contributed by atoms with van der Waals surface area (Å²) >= 11 is 0. The zero-order valence-corrected chi connectivity index (χ0v) is 8.47. The van der Waals surface area contributed by atoms with Crippen molar-refractivity contribution in [3.8, 4) is 0 Å². The summed E-state index contributed by atoms with van der Waals surface area (Å²) in [7, 11) is 1.29. The lowest BCUT2D eigenvalue weighted by Gasteiger charge is -2.10. The molecule has 0 fully saturated rings. The van der Waals surface area contributed by atoms with Gasteiger partial charge in [0, 0.05) is 5.56 Å². The molecule has 2 N–H and O–H groups in total. The molecule has 1 aromatic carbocycles. The second-order valence-electron chi connectivity index (χ2n) is 3.15. The maximum atomic E-state index is 11.1. The Labute approximate surface area is 88.0 Å². The molecule has 0 amide bonds. The van der Waals surface area contributed by atoms with Crippen LogP contribution >= 0.6 is 0 Å². The van der Waals surface area contributed by atoms with Crippen LogP contribution in [0.5, 0.6) is 0 Å². The molecule has 0 spiro atoms. The first kappa shape index (κ1) is 11.4. The molecular weight excluding hydrogens is 194 g/mol. The Morgan fingerprint density at radius 2 is 2.20 bits per heavy atom. The van der Waals surface area contributed by atoms with E-state index in [-0.39, 0.29) is 0 Å². The molecule has 1 atom stereocenters. The van der Waals surface area contributed by atoms with Crippen molar-refractivity contribution in [2.45, 2.75) is 12.5 Å². The fourth-order valence-electron chi connectivity index (χ4n) is 1.31. The fraction of sp³-hybridized carbons (Fsp3) is 0.273. The number of carbonyl (C=O) groups excluding carboxylic acids is 2. The molecule has 0 heterocycles. The topological polar surface area (TPSA) is 69.4 Å². The second-order valence-corrected chi connectivity index (χ2v) is 3.15. The SMILES string of the molecule is COC(=O)[C@H](N)Cc1ccccc1C=O. The van der Waals surface area contributed by atoms with E-state index in [2.05, 4.69) is 4.74 Å². The second kappa shape index (κ2) is 5.26. The van der Waals surface area contributed by atoms with Crippen LogP contribution < -0.4 is 5.73 Å². The Kier molecular flexibility index (Phi) is 4.00. The lowest BCUT2D eigenvalue weighted by atomic mass is 10.0. The van der Waals surface area contributed by atoms with Crippen molar-refractivity contribution in [1.82, 2.24) is 0 Å². The van der Waals surface area contributed by atoms with Gasteiger partial charge >= 0.3 is 5.97 Å². The van der Waals surface area contributed by atoms with E-state index in [1.54, 1.807) is 24.3 Å². The smallest absolute Gasteiger partial charge is 0.322 e. The number of hydrogen-bond acceptors (Lipinski definition) is 4. The van der Waals surface area contributed by atoms with Crippen LogP contribution in [0, 0.1) is 0 Å². The molecular formula is C11H13NO3. The number of methoxy groups -OCH3 is 1. The third kappa shape index (κ3) is 2.89. The Morgan fingerprint density at radius 3 is 2.80 bits per heavy atom. The summed E-state index contributed by atoms with van der Waals surface area (Å²) in [6.45, 7) is 0. The molecule has 15 heavy (non-hydrogen) atoms. The molecule has 1 rings (SSSR count). The minimum Gasteiger partial charge on any atom is -0.468 e. The summed E-state index contributed by atoms with van der Waals surface area (Å²) in [4.78, 5) is 21.8. The van der Waals surface area contributed by atoms with Crippen molar-refractivity contribution < 1.29 is 14.3 Å². The van der Waals surface area contributed by atoms with E-state index < -0.39 is 12.0 Å². The van der Waals surface area contributed by atoms with Gasteiger partial charge in [-0.25, -0.2) is 0 Å². The van der Waals surface area contributed by atoms with Crippen LogP contribution in [0.25, 0.3) is 0 Å². The van der Waals surface area contributed by atoms with Crippen molar-refractivity contribution in [3.63, 3.8) is 0 Å². The minimum atomic E-state index is -0.726. The molecule has 0 radical (unpaired) electrons. The van der Waals surface area contributed by atoms with Crippen molar-refractivity contribution >= 4 is 12.3 Å². The van der Waals surface area contributed by atoms with Crippen LogP contribution in [0.15, 0.2) is 24.3 Å². The highest BCUT2D eigenvalue weighted by molar-refractivity contribution is 5.79. The van der Waals surface area contributed by atoms with Crippen LogP contribution in [0.1, 0.15) is 15.9 Å². The molecule has 1 aromatic rings. The number of hydrogen-bond donors (Lipinski definition) is 1. The average molecular weight is 207 g/mol. The van der Waals surface area contributed by atoms with Gasteiger partial charge < -0.3 is 10.5 Å². The molecule has 0 aliphatic rings. The quantitative estimate of drug-likeness (QED) is 0.578. The summed E-state index contributed by atoms with van der Waals surface area (Å²) < 4.78 is 4.51. The first-order valence-corrected chi connectivity index (χ1v) is 4.55. The number of aldehydes is 1. The van der Waals surface area contributed by atoms with Gasteiger partial charge in [0.1, 0.15) is 12.3 Å². The van der Waals surface area contributed by atoms with E-state index in [1.807, 2.05) is 0 Å². The fourth-order valence-corrected chi connectivity index (χ4v) is 1.31. The third-order valence-electron chi connectivity index (χ3n) is 2.13. The molecule has 4 heteroatoms. The lowest BCUT2D eigenvalue weighted by molar-refractivity contribution is -0.142. The van der Waals surface area contributed by atoms with Crippen molar-refractivity contribution in [2.75, 3.05) is 7.11 Å². The molecule has 4 nitrogen and oxygen atoms in total. The van der Waals surface area contributed by atoms with E-state index in [0.29, 0.717) is 12.0 Å². The number of benzene rings is 1. The predicted octanol–water partition coefficient (Wildman–Crippen LogP) is 0.542. The standard InChI is InChI=1S/C11H13NO3/c1-15-11(14)10(12)6-8-4-2-3-5-9(8)7-13/h2-5,7,10H,6,12H2,1H3/t10-/m1/s1. The van der Waals surface area contributed by atoms with Gasteiger partial charge in [0.2, 0.25) is 0 Å². The maximum Gasteiger partial charge on any atom is 0.322 e. The van der Waals surface area contributed by atoms with Crippen molar-refractivity contribution in [2.24, 2.45) is 5.73 Å². The number of esters is 1. The van der Waals surface area contributed by atoms with Gasteiger partial charge in [0.15, 0.2) is 0 Å². The van der Waals surface area contributed by atoms with Gasteiger partial charge in [-0.1, -0.05) is 24.3 Å². The Bertz CT molecular complexity index is 363. The summed E-state index contributed by atoms with van der Waals surface area (Å²) in [5.41, 5.74) is 6.90. The van der Waals surface area contributed by atoms with Gasteiger partial charge in [-0.15, -0.1) is 0 Å². The molecule has 0 unspecified atom stereocenters. The predicted molar refractivity (Wildman–Crippen MR) is 55.5 cm³/mol. The van der Waals surface area contributed by atoms with Crippen LogP contribution in [-0.4, -0.2) is 25.4 Å². The van der Waals surface area contributed by atoms with E-state index in [0.717, 1.165) is 11.8 Å². The molecule has 0 bridgehead atoms. The van der Waals surface area contributed by atoms with Gasteiger partial charge in [-0.05, 0) is 12.0 Å².